The molecule has 2 aliphatic rings. The van der Waals surface area contributed by atoms with Crippen LogP contribution in [0.4, 0.5) is 17.6 Å². The lowest BCUT2D eigenvalue weighted by Crippen LogP contribution is -2.35. The Kier molecular flexibility index (Phi) is 7.04. The summed E-state index contributed by atoms with van der Waals surface area (Å²) in [5.74, 6) is 0.503. The average molecular weight is 399 g/mol. The fourth-order valence-corrected chi connectivity index (χ4v) is 4.62. The van der Waals surface area contributed by atoms with Gasteiger partial charge in [-0.1, -0.05) is 48.8 Å². The highest BCUT2D eigenvalue weighted by atomic mass is 32.2. The number of alkyl halides is 4. The van der Waals surface area contributed by atoms with E-state index in [-0.39, 0.29) is 5.56 Å². The molecule has 1 nitrogen and oxygen atoms in total. The van der Waals surface area contributed by atoms with Gasteiger partial charge in [-0.3, -0.25) is 4.72 Å². The van der Waals surface area contributed by atoms with Crippen LogP contribution in [0.25, 0.3) is 0 Å². The van der Waals surface area contributed by atoms with Gasteiger partial charge in [0.1, 0.15) is 6.17 Å². The van der Waals surface area contributed by atoms with Crippen LogP contribution in [0.5, 0.6) is 0 Å². The van der Waals surface area contributed by atoms with Gasteiger partial charge in [-0.2, -0.15) is 13.2 Å². The Bertz CT molecular complexity index is 666. The highest BCUT2D eigenvalue weighted by Gasteiger charge is 2.28. The van der Waals surface area contributed by atoms with E-state index in [1.807, 2.05) is 12.2 Å². The molecule has 0 bridgehead atoms. The lowest BCUT2D eigenvalue weighted by atomic mass is 9.80. The molecule has 27 heavy (non-hydrogen) atoms. The monoisotopic (exact) mass is 399 g/mol. The maximum atomic E-state index is 13.2. The second-order valence-electron chi connectivity index (χ2n) is 7.40. The normalized spacial score (nSPS) is 26.1. The van der Waals surface area contributed by atoms with E-state index in [0.717, 1.165) is 24.2 Å². The molecule has 3 unspecified atom stereocenters. The molecule has 6 heteroatoms. The van der Waals surface area contributed by atoms with Crippen molar-refractivity contribution in [2.45, 2.75) is 68.2 Å². The zero-order valence-electron chi connectivity index (χ0n) is 15.1. The van der Waals surface area contributed by atoms with Crippen LogP contribution >= 0.6 is 11.9 Å². The van der Waals surface area contributed by atoms with Crippen LogP contribution in [0.1, 0.15) is 44.1 Å². The molecule has 1 aromatic rings. The summed E-state index contributed by atoms with van der Waals surface area (Å²) in [7, 11) is 0. The van der Waals surface area contributed by atoms with Crippen molar-refractivity contribution < 1.29 is 17.6 Å². The van der Waals surface area contributed by atoms with Gasteiger partial charge in [0.2, 0.25) is 0 Å². The molecule has 0 spiro atoms. The van der Waals surface area contributed by atoms with E-state index in [2.05, 4.69) is 4.72 Å². The summed E-state index contributed by atoms with van der Waals surface area (Å²) < 4.78 is 54.1. The first kappa shape index (κ1) is 20.5. The topological polar surface area (TPSA) is 12.0 Å². The van der Waals surface area contributed by atoms with Crippen LogP contribution in [0.2, 0.25) is 0 Å². The van der Waals surface area contributed by atoms with Crippen LogP contribution < -0.4 is 4.72 Å². The lowest BCUT2D eigenvalue weighted by molar-refractivity contribution is -0.127. The van der Waals surface area contributed by atoms with Crippen LogP contribution in [-0.2, 0) is 6.42 Å². The molecule has 0 aliphatic heterocycles. The Hall–Kier alpha value is -1.27. The molecule has 0 amide bonds. The number of nitrogens with one attached hydrogen (secondary N) is 1. The molecule has 3 atom stereocenters. The number of allylic oxidation sites excluding steroid dienone is 4. The fourth-order valence-electron chi connectivity index (χ4n) is 3.75. The number of hydrogen-bond donors (Lipinski definition) is 1. The van der Waals surface area contributed by atoms with Gasteiger partial charge in [0.15, 0.2) is 0 Å². The lowest BCUT2D eigenvalue weighted by Gasteiger charge is -2.32. The largest absolute Gasteiger partial charge is 0.393 e. The summed E-state index contributed by atoms with van der Waals surface area (Å²) in [5, 5.41) is 0. The van der Waals surface area contributed by atoms with Crippen molar-refractivity contribution in [3.63, 3.8) is 0 Å². The average Bonchev–Trinajstić information content (AvgIpc) is 2.63. The van der Waals surface area contributed by atoms with Crippen LogP contribution in [0.3, 0.4) is 0 Å². The van der Waals surface area contributed by atoms with Crippen molar-refractivity contribution in [2.24, 2.45) is 5.92 Å². The Balaban J connectivity index is 1.53. The molecule has 0 saturated heterocycles. The van der Waals surface area contributed by atoms with Crippen molar-refractivity contribution >= 4 is 11.9 Å². The molecule has 1 fully saturated rings. The molecule has 1 saturated carbocycles. The first-order valence-electron chi connectivity index (χ1n) is 9.48. The van der Waals surface area contributed by atoms with Crippen molar-refractivity contribution in [3.8, 4) is 0 Å². The molecule has 1 aromatic carbocycles. The maximum absolute atomic E-state index is 13.2. The van der Waals surface area contributed by atoms with Gasteiger partial charge in [0.25, 0.3) is 0 Å². The molecular formula is C21H25F4NS. The fraction of sp³-hybridized carbons (Fsp3) is 0.524. The Labute approximate surface area is 162 Å². The quantitative estimate of drug-likeness (QED) is 0.429. The van der Waals surface area contributed by atoms with Gasteiger partial charge in [0.05, 0.1) is 6.42 Å². The second kappa shape index (κ2) is 9.28. The van der Waals surface area contributed by atoms with Crippen LogP contribution in [0, 0.1) is 5.92 Å². The number of benzene rings is 1. The number of rotatable bonds is 6. The Morgan fingerprint density at radius 3 is 2.48 bits per heavy atom. The molecule has 0 aromatic heterocycles. The molecule has 3 rings (SSSR count). The van der Waals surface area contributed by atoms with Crippen LogP contribution in [0.15, 0.2) is 53.0 Å². The van der Waals surface area contributed by atoms with Gasteiger partial charge >= 0.3 is 6.18 Å². The third kappa shape index (κ3) is 6.68. The van der Waals surface area contributed by atoms with Crippen molar-refractivity contribution in [3.05, 3.63) is 53.6 Å². The van der Waals surface area contributed by atoms with Gasteiger partial charge in [-0.05, 0) is 54.8 Å². The first-order chi connectivity index (χ1) is 12.9. The highest BCUT2D eigenvalue weighted by molar-refractivity contribution is 7.97. The van der Waals surface area contributed by atoms with Crippen molar-refractivity contribution in [1.29, 1.82) is 0 Å². The van der Waals surface area contributed by atoms with Crippen molar-refractivity contribution in [2.75, 3.05) is 0 Å². The van der Waals surface area contributed by atoms with E-state index in [4.69, 9.17) is 0 Å². The second-order valence-corrected chi connectivity index (χ2v) is 8.31. The summed E-state index contributed by atoms with van der Waals surface area (Å²) in [6.45, 7) is 0. The Morgan fingerprint density at radius 2 is 1.81 bits per heavy atom. The molecule has 0 radical (unpaired) electrons. The highest BCUT2D eigenvalue weighted by Crippen LogP contribution is 2.33. The molecule has 0 heterocycles. The van der Waals surface area contributed by atoms with E-state index < -0.39 is 18.8 Å². The zero-order valence-corrected chi connectivity index (χ0v) is 16.0. The number of hydrogen-bond acceptors (Lipinski definition) is 2. The Morgan fingerprint density at radius 1 is 1.07 bits per heavy atom. The van der Waals surface area contributed by atoms with E-state index in [0.29, 0.717) is 18.4 Å². The molecular weight excluding hydrogens is 374 g/mol. The van der Waals surface area contributed by atoms with Gasteiger partial charge in [-0.15, -0.1) is 0 Å². The first-order valence-corrected chi connectivity index (χ1v) is 10.3. The maximum Gasteiger partial charge on any atom is 0.393 e. The minimum atomic E-state index is -4.17. The van der Waals surface area contributed by atoms with E-state index >= 15 is 0 Å². The van der Waals surface area contributed by atoms with Gasteiger partial charge in [0, 0.05) is 17.4 Å². The summed E-state index contributed by atoms with van der Waals surface area (Å²) in [6.07, 6.45) is 5.67. The minimum absolute atomic E-state index is 0.282. The summed E-state index contributed by atoms with van der Waals surface area (Å²) in [6, 6.07) is 6.92. The SMILES string of the molecule is FC1C=CC(CC2CCCCC2NSc2ccc(CC(F)(F)F)cc2)=CC1. The van der Waals surface area contributed by atoms with E-state index in [1.54, 1.807) is 30.3 Å². The standard InChI is InChI=1S/C21H25F4NS/c22-18-9-5-15(6-10-18)13-17-3-1-2-4-20(17)26-27-19-11-7-16(8-12-19)14-21(23,24)25/h5-9,11-12,17-18,20,26H,1-4,10,13-14H2. The predicted molar refractivity (Wildman–Crippen MR) is 102 cm³/mol. The summed E-state index contributed by atoms with van der Waals surface area (Å²) >= 11 is 1.49. The number of halogens is 4. The molecule has 148 valence electrons. The summed E-state index contributed by atoms with van der Waals surface area (Å²) in [5.41, 5.74) is 1.49. The van der Waals surface area contributed by atoms with E-state index in [1.165, 1.54) is 30.4 Å². The third-order valence-corrected chi connectivity index (χ3v) is 6.12. The van der Waals surface area contributed by atoms with Crippen LogP contribution in [-0.4, -0.2) is 18.4 Å². The van der Waals surface area contributed by atoms with Gasteiger partial charge < -0.3 is 0 Å². The predicted octanol–water partition coefficient (Wildman–Crippen LogP) is 6.56. The van der Waals surface area contributed by atoms with Gasteiger partial charge in [-0.25, -0.2) is 4.39 Å². The van der Waals surface area contributed by atoms with Crippen molar-refractivity contribution in [1.82, 2.24) is 4.72 Å². The summed E-state index contributed by atoms with van der Waals surface area (Å²) in [4.78, 5) is 0.919. The minimum Gasteiger partial charge on any atom is -0.257 e. The third-order valence-electron chi connectivity index (χ3n) is 5.19. The molecule has 1 N–H and O–H groups in total. The zero-order chi connectivity index (χ0) is 19.3. The van der Waals surface area contributed by atoms with E-state index in [9.17, 15) is 17.6 Å². The molecule has 2 aliphatic carbocycles. The smallest absolute Gasteiger partial charge is 0.257 e.